The lowest BCUT2D eigenvalue weighted by Crippen LogP contribution is -2.57. The summed E-state index contributed by atoms with van der Waals surface area (Å²) in [6.45, 7) is 8.48. The van der Waals surface area contributed by atoms with E-state index >= 15 is 0 Å². The number of methoxy groups -OCH3 is 1. The number of nitrogens with one attached hydrogen (secondary N) is 1. The molecule has 2 aliphatic heterocycles. The molecule has 5 N–H and O–H groups in total. The smallest absolute Gasteiger partial charge is 0.342 e. The van der Waals surface area contributed by atoms with E-state index in [0.29, 0.717) is 11.1 Å². The van der Waals surface area contributed by atoms with Gasteiger partial charge < -0.3 is 40.0 Å². The highest BCUT2D eigenvalue weighted by atomic mass is 16.6. The lowest BCUT2D eigenvalue weighted by Gasteiger charge is -2.48. The molecule has 0 bridgehead atoms. The minimum absolute atomic E-state index is 0.0320. The maximum absolute atomic E-state index is 12.6. The Bertz CT molecular complexity index is 963. The third kappa shape index (κ3) is 5.40. The number of ether oxygens (including phenoxy) is 3. The molecule has 1 saturated heterocycles. The highest BCUT2D eigenvalue weighted by molar-refractivity contribution is 5.96. The molecule has 2 heterocycles. The Morgan fingerprint density at radius 3 is 2.54 bits per heavy atom. The van der Waals surface area contributed by atoms with Crippen molar-refractivity contribution in [1.82, 2.24) is 5.32 Å². The quantitative estimate of drug-likeness (QED) is 0.280. The van der Waals surface area contributed by atoms with Crippen LogP contribution in [0.3, 0.4) is 0 Å². The summed E-state index contributed by atoms with van der Waals surface area (Å²) in [6.07, 6.45) is -3.76. The Morgan fingerprint density at radius 2 is 1.94 bits per heavy atom. The first-order valence-electron chi connectivity index (χ1n) is 11.8. The molecular formula is C25H37NO9. The van der Waals surface area contributed by atoms with Crippen LogP contribution in [0.4, 0.5) is 0 Å². The number of hydrogen-bond acceptors (Lipinski definition) is 9. The van der Waals surface area contributed by atoms with Crippen molar-refractivity contribution < 1.29 is 44.2 Å². The Balaban J connectivity index is 1.77. The molecule has 35 heavy (non-hydrogen) atoms. The van der Waals surface area contributed by atoms with Crippen LogP contribution in [-0.4, -0.2) is 76.2 Å². The van der Waals surface area contributed by atoms with Crippen molar-refractivity contribution in [2.45, 2.75) is 90.6 Å². The molecule has 196 valence electrons. The predicted octanol–water partition coefficient (Wildman–Crippen LogP) is 1.53. The number of aliphatic hydroxyl groups excluding tert-OH is 2. The number of cyclic esters (lactones) is 1. The molecule has 7 atom stereocenters. The number of fused-ring (bicyclic) bond motifs is 1. The van der Waals surface area contributed by atoms with Crippen LogP contribution >= 0.6 is 0 Å². The van der Waals surface area contributed by atoms with E-state index in [0.717, 1.165) is 6.07 Å². The summed E-state index contributed by atoms with van der Waals surface area (Å²) in [7, 11) is 1.44. The summed E-state index contributed by atoms with van der Waals surface area (Å²) in [5.74, 6) is -1.98. The molecule has 1 fully saturated rings. The third-order valence-corrected chi connectivity index (χ3v) is 7.61. The van der Waals surface area contributed by atoms with Gasteiger partial charge in [-0.1, -0.05) is 20.8 Å². The summed E-state index contributed by atoms with van der Waals surface area (Å²) < 4.78 is 17.1. The molecule has 1 amide bonds. The Hall–Kier alpha value is -2.40. The molecule has 0 aliphatic carbocycles. The predicted molar refractivity (Wildman–Crippen MR) is 125 cm³/mol. The number of phenolic OH excluding ortho intramolecular Hbond substituents is 2. The van der Waals surface area contributed by atoms with Crippen molar-refractivity contribution in [1.29, 1.82) is 0 Å². The van der Waals surface area contributed by atoms with Gasteiger partial charge in [0, 0.05) is 50.7 Å². The minimum atomic E-state index is -0.961. The van der Waals surface area contributed by atoms with Crippen LogP contribution in [0.15, 0.2) is 6.07 Å². The standard InChI is InChI=1S/C25H37NO9/c1-11-14-7-18(35-24(32)22(14)17(30)8-15(11)28)12(2)16(29)9-21-25(4,5)20(31)10-19(34-21)23(33-6)26-13(3)27/h8,12,16,18-21,23,28-31H,7,9-10H2,1-6H3,(H,26,27)/t12-,16+,18-,19+,20-,21?,23?/m1/s1. The van der Waals surface area contributed by atoms with Gasteiger partial charge in [-0.15, -0.1) is 0 Å². The van der Waals surface area contributed by atoms with Gasteiger partial charge in [-0.25, -0.2) is 4.79 Å². The lowest BCUT2D eigenvalue weighted by molar-refractivity contribution is -0.216. The van der Waals surface area contributed by atoms with Crippen molar-refractivity contribution >= 4 is 11.9 Å². The average molecular weight is 496 g/mol. The van der Waals surface area contributed by atoms with E-state index in [1.807, 2.05) is 13.8 Å². The minimum Gasteiger partial charge on any atom is -0.508 e. The maximum atomic E-state index is 12.6. The SMILES string of the molecule is COC(NC(C)=O)[C@@H]1C[C@@H](O)C(C)(C)C(C[C@H](O)[C@@H](C)[C@H]2Cc3c(C)c(O)cc(O)c3C(=O)O2)O1. The van der Waals surface area contributed by atoms with Gasteiger partial charge in [0.15, 0.2) is 6.23 Å². The number of amides is 1. The van der Waals surface area contributed by atoms with Crippen LogP contribution in [-0.2, 0) is 25.4 Å². The number of phenols is 2. The first-order valence-corrected chi connectivity index (χ1v) is 11.8. The fraction of sp³-hybridized carbons (Fsp3) is 0.680. The number of aromatic hydroxyl groups is 2. The molecule has 10 heteroatoms. The zero-order valence-corrected chi connectivity index (χ0v) is 21.1. The van der Waals surface area contributed by atoms with E-state index in [9.17, 15) is 30.0 Å². The van der Waals surface area contributed by atoms with E-state index in [1.165, 1.54) is 14.0 Å². The first kappa shape index (κ1) is 27.2. The topological polar surface area (TPSA) is 155 Å². The first-order chi connectivity index (χ1) is 16.3. The zero-order chi connectivity index (χ0) is 26.2. The van der Waals surface area contributed by atoms with Crippen LogP contribution < -0.4 is 5.32 Å². The Morgan fingerprint density at radius 1 is 1.29 bits per heavy atom. The van der Waals surface area contributed by atoms with Crippen molar-refractivity contribution in [2.24, 2.45) is 11.3 Å². The summed E-state index contributed by atoms with van der Waals surface area (Å²) in [4.78, 5) is 24.2. The molecule has 0 spiro atoms. The number of esters is 1. The van der Waals surface area contributed by atoms with Gasteiger partial charge in [0.05, 0.1) is 18.3 Å². The highest BCUT2D eigenvalue weighted by Crippen LogP contribution is 2.42. The van der Waals surface area contributed by atoms with Gasteiger partial charge in [0.2, 0.25) is 5.91 Å². The fourth-order valence-corrected chi connectivity index (χ4v) is 4.94. The van der Waals surface area contributed by atoms with Crippen LogP contribution in [0.5, 0.6) is 11.5 Å². The second-order valence-corrected chi connectivity index (χ2v) is 10.3. The second-order valence-electron chi connectivity index (χ2n) is 10.3. The Kier molecular flexibility index (Phi) is 8.00. The summed E-state index contributed by atoms with van der Waals surface area (Å²) in [5.41, 5.74) is 0.304. The third-order valence-electron chi connectivity index (χ3n) is 7.61. The maximum Gasteiger partial charge on any atom is 0.342 e. The van der Waals surface area contributed by atoms with Gasteiger partial charge >= 0.3 is 5.97 Å². The number of benzene rings is 1. The molecule has 1 aromatic carbocycles. The number of carbonyl (C=O) groups excluding carboxylic acids is 2. The number of hydrogen-bond donors (Lipinski definition) is 5. The number of rotatable bonds is 7. The molecule has 1 aromatic rings. The van der Waals surface area contributed by atoms with Crippen LogP contribution in [0.2, 0.25) is 0 Å². The van der Waals surface area contributed by atoms with Crippen molar-refractivity contribution in [3.05, 3.63) is 22.8 Å². The van der Waals surface area contributed by atoms with Gasteiger partial charge in [0.25, 0.3) is 0 Å². The monoisotopic (exact) mass is 495 g/mol. The average Bonchev–Trinajstić information content (AvgIpc) is 2.77. The molecule has 0 radical (unpaired) electrons. The van der Waals surface area contributed by atoms with Crippen molar-refractivity contribution in [2.75, 3.05) is 7.11 Å². The van der Waals surface area contributed by atoms with E-state index in [-0.39, 0.29) is 42.2 Å². The highest BCUT2D eigenvalue weighted by Gasteiger charge is 2.48. The lowest BCUT2D eigenvalue weighted by atomic mass is 9.73. The number of aliphatic hydroxyl groups is 2. The van der Waals surface area contributed by atoms with Gasteiger partial charge in [-0.3, -0.25) is 4.79 Å². The van der Waals surface area contributed by atoms with Crippen molar-refractivity contribution in [3.63, 3.8) is 0 Å². The fourth-order valence-electron chi connectivity index (χ4n) is 4.94. The number of carbonyl (C=O) groups is 2. The van der Waals surface area contributed by atoms with E-state index in [2.05, 4.69) is 5.32 Å². The molecule has 0 saturated carbocycles. The van der Waals surface area contributed by atoms with Crippen LogP contribution in [0.25, 0.3) is 0 Å². The van der Waals surface area contributed by atoms with Crippen molar-refractivity contribution in [3.8, 4) is 11.5 Å². The summed E-state index contributed by atoms with van der Waals surface area (Å²) >= 11 is 0. The summed E-state index contributed by atoms with van der Waals surface area (Å²) in [5, 5.41) is 44.8. The second kappa shape index (κ2) is 10.3. The van der Waals surface area contributed by atoms with Gasteiger partial charge in [-0.05, 0) is 18.1 Å². The molecule has 2 unspecified atom stereocenters. The molecule has 2 aliphatic rings. The van der Waals surface area contributed by atoms with E-state index < -0.39 is 54.0 Å². The zero-order valence-electron chi connectivity index (χ0n) is 21.1. The normalized spacial score (nSPS) is 28.4. The van der Waals surface area contributed by atoms with Gasteiger partial charge in [-0.2, -0.15) is 0 Å². The molecule has 0 aromatic heterocycles. The van der Waals surface area contributed by atoms with E-state index in [4.69, 9.17) is 14.2 Å². The van der Waals surface area contributed by atoms with E-state index in [1.54, 1.807) is 13.8 Å². The van der Waals surface area contributed by atoms with Crippen LogP contribution in [0, 0.1) is 18.3 Å². The molecule has 10 nitrogen and oxygen atoms in total. The molecule has 3 rings (SSSR count). The van der Waals surface area contributed by atoms with Gasteiger partial charge in [0.1, 0.15) is 29.3 Å². The molecular weight excluding hydrogens is 458 g/mol. The largest absolute Gasteiger partial charge is 0.508 e. The summed E-state index contributed by atoms with van der Waals surface area (Å²) in [6, 6.07) is 1.12. The van der Waals surface area contributed by atoms with Crippen LogP contribution in [0.1, 0.15) is 62.0 Å². The Labute approximate surface area is 205 Å².